The van der Waals surface area contributed by atoms with Crippen molar-refractivity contribution in [2.45, 2.75) is 94.5 Å². The Balaban J connectivity index is 5.00. The van der Waals surface area contributed by atoms with Gasteiger partial charge in [0.05, 0.1) is 0 Å². The van der Waals surface area contributed by atoms with Gasteiger partial charge in [0.25, 0.3) is 0 Å². The van der Waals surface area contributed by atoms with Crippen molar-refractivity contribution in [1.82, 2.24) is 0 Å². The van der Waals surface area contributed by atoms with Crippen molar-refractivity contribution < 1.29 is 14.7 Å². The molecule has 0 aromatic carbocycles. The van der Waals surface area contributed by atoms with E-state index in [-0.39, 0.29) is 0 Å². The molecule has 126 valence electrons. The summed E-state index contributed by atoms with van der Waals surface area (Å²) in [7, 11) is 0. The Hall–Kier alpha value is 0.829. The molecule has 0 heterocycles. The summed E-state index contributed by atoms with van der Waals surface area (Å²) in [6.45, 7) is 6.50. The van der Waals surface area contributed by atoms with Gasteiger partial charge in [-0.05, 0) is 0 Å². The van der Waals surface area contributed by atoms with Crippen molar-refractivity contribution in [3.05, 3.63) is 0 Å². The van der Waals surface area contributed by atoms with E-state index in [1.165, 1.54) is 0 Å². The van der Waals surface area contributed by atoms with Crippen LogP contribution in [0.4, 0.5) is 0 Å². The first-order valence-electron chi connectivity index (χ1n) is 8.37. The van der Waals surface area contributed by atoms with E-state index in [0.717, 1.165) is 73.7 Å². The fraction of sp³-hybridized carbons (Fsp3) is 1.00. The van der Waals surface area contributed by atoms with Crippen molar-refractivity contribution in [3.63, 3.8) is 0 Å². The van der Waals surface area contributed by atoms with Crippen LogP contribution in [0.25, 0.3) is 0 Å². The van der Waals surface area contributed by atoms with E-state index in [1.54, 1.807) is 0 Å². The average molecular weight is 375 g/mol. The Labute approximate surface area is 127 Å². The van der Waals surface area contributed by atoms with E-state index >= 15 is 0 Å². The monoisotopic (exact) mass is 376 g/mol. The van der Waals surface area contributed by atoms with E-state index in [0.29, 0.717) is 0 Å². The molecule has 0 unspecified atom stereocenters. The number of unbranched alkanes of at least 4 members (excludes halogenated alkanes) is 6. The van der Waals surface area contributed by atoms with Crippen LogP contribution in [0.1, 0.15) is 78.6 Å². The standard InChI is InChI=1S/C15H37O3PSe/c1-4-7-10-13-20(19(16,17)18,14-11-8-5-2)15-12-9-6-3/h16-18,20H,4-15H2,1-3H3. The van der Waals surface area contributed by atoms with Crippen molar-refractivity contribution in [2.75, 3.05) is 0 Å². The predicted molar refractivity (Wildman–Crippen MR) is 93.7 cm³/mol. The minimum atomic E-state index is -3.61. The Morgan fingerprint density at radius 2 is 0.900 bits per heavy atom. The summed E-state index contributed by atoms with van der Waals surface area (Å²) in [5, 5.41) is 2.78. The Kier molecular flexibility index (Phi) is 11.9. The molecule has 0 radical (unpaired) electrons. The molecule has 0 aromatic rings. The zero-order chi connectivity index (χ0) is 15.5. The summed E-state index contributed by atoms with van der Waals surface area (Å²) >= 11 is -2.73. The van der Waals surface area contributed by atoms with E-state index < -0.39 is 18.1 Å². The molecule has 5 heteroatoms. The fourth-order valence-electron chi connectivity index (χ4n) is 2.71. The molecule has 0 atom stereocenters. The zero-order valence-corrected chi connectivity index (χ0v) is 16.5. The average Bonchev–Trinajstić information content (AvgIpc) is 2.37. The summed E-state index contributed by atoms with van der Waals surface area (Å²) in [4.78, 5) is 30.4. The van der Waals surface area contributed by atoms with Gasteiger partial charge in [0.1, 0.15) is 0 Å². The fourth-order valence-corrected chi connectivity index (χ4v) is 17.3. The Morgan fingerprint density at radius 3 is 1.10 bits per heavy atom. The minimum absolute atomic E-state index is 0.927. The van der Waals surface area contributed by atoms with Gasteiger partial charge in [-0.1, -0.05) is 0 Å². The van der Waals surface area contributed by atoms with Crippen LogP contribution < -0.4 is 0 Å². The predicted octanol–water partition coefficient (Wildman–Crippen LogP) is 4.97. The van der Waals surface area contributed by atoms with Crippen molar-refractivity contribution in [3.8, 4) is 0 Å². The molecule has 0 amide bonds. The van der Waals surface area contributed by atoms with E-state index in [4.69, 9.17) is 0 Å². The van der Waals surface area contributed by atoms with Gasteiger partial charge in [0.2, 0.25) is 0 Å². The second-order valence-electron chi connectivity index (χ2n) is 5.92. The normalized spacial score (nSPS) is 13.7. The van der Waals surface area contributed by atoms with Gasteiger partial charge in [0, 0.05) is 0 Å². The first-order chi connectivity index (χ1) is 9.43. The topological polar surface area (TPSA) is 60.7 Å². The number of hydrogen-bond acceptors (Lipinski definition) is 3. The van der Waals surface area contributed by atoms with E-state index in [1.807, 2.05) is 0 Å². The van der Waals surface area contributed by atoms with Gasteiger partial charge in [0.15, 0.2) is 0 Å². The maximum atomic E-state index is 10.1. The summed E-state index contributed by atoms with van der Waals surface area (Å²) in [6.07, 6.45) is 6.45. The molecule has 0 fully saturated rings. The molecule has 0 rings (SSSR count). The molecular formula is C15H37O3PSe. The molecule has 3 N–H and O–H groups in total. The first kappa shape index (κ1) is 20.8. The second kappa shape index (κ2) is 11.4. The second-order valence-corrected chi connectivity index (χ2v) is 22.2. The quantitative estimate of drug-likeness (QED) is 0.256. The van der Waals surface area contributed by atoms with Crippen LogP contribution in [-0.2, 0) is 0 Å². The van der Waals surface area contributed by atoms with Crippen LogP contribution in [0.5, 0.6) is 0 Å². The Morgan fingerprint density at radius 1 is 0.600 bits per heavy atom. The molecule has 0 aliphatic carbocycles. The molecule has 3 nitrogen and oxygen atoms in total. The van der Waals surface area contributed by atoms with Gasteiger partial charge >= 0.3 is 127 Å². The van der Waals surface area contributed by atoms with Crippen LogP contribution in [-0.4, -0.2) is 26.6 Å². The summed E-state index contributed by atoms with van der Waals surface area (Å²) in [6, 6.07) is 0. The SMILES string of the molecule is CCCCC[SeH](CCCCC)(CCCCC)=P(O)(O)O. The third kappa shape index (κ3) is 7.73. The molecule has 0 saturated carbocycles. The van der Waals surface area contributed by atoms with Crippen LogP contribution in [0.3, 0.4) is 0 Å². The molecule has 20 heavy (non-hydrogen) atoms. The maximum absolute atomic E-state index is 10.1. The van der Waals surface area contributed by atoms with Gasteiger partial charge in [-0.3, -0.25) is 0 Å². The van der Waals surface area contributed by atoms with Crippen LogP contribution in [0.15, 0.2) is 0 Å². The Bertz CT molecular complexity index is 271. The van der Waals surface area contributed by atoms with Gasteiger partial charge in [-0.25, -0.2) is 0 Å². The number of rotatable bonds is 12. The molecule has 0 saturated heterocycles. The molecule has 0 aromatic heterocycles. The van der Waals surface area contributed by atoms with Gasteiger partial charge < -0.3 is 0 Å². The van der Waals surface area contributed by atoms with Crippen molar-refractivity contribution in [2.24, 2.45) is 0 Å². The summed E-state index contributed by atoms with van der Waals surface area (Å²) in [5.74, 6) is 0. The third-order valence-electron chi connectivity index (χ3n) is 4.10. The first-order valence-corrected chi connectivity index (χ1v) is 16.5. The van der Waals surface area contributed by atoms with E-state index in [2.05, 4.69) is 20.8 Å². The molecule has 0 spiro atoms. The molecule has 0 aliphatic rings. The summed E-state index contributed by atoms with van der Waals surface area (Å²) in [5.41, 5.74) is 0. The third-order valence-corrected chi connectivity index (χ3v) is 22.8. The van der Waals surface area contributed by atoms with E-state index in [9.17, 15) is 14.7 Å². The summed E-state index contributed by atoms with van der Waals surface area (Å²) < 4.78 is 0. The zero-order valence-electron chi connectivity index (χ0n) is 13.7. The van der Waals surface area contributed by atoms with Gasteiger partial charge in [-0.15, -0.1) is 0 Å². The molecule has 0 aliphatic heterocycles. The van der Waals surface area contributed by atoms with Crippen LogP contribution >= 0.6 is 6.19 Å². The number of hydrogen-bond donors (Lipinski definition) is 3. The van der Waals surface area contributed by atoms with Crippen LogP contribution in [0.2, 0.25) is 16.0 Å². The van der Waals surface area contributed by atoms with Gasteiger partial charge in [-0.2, -0.15) is 0 Å². The van der Waals surface area contributed by atoms with Crippen molar-refractivity contribution in [1.29, 1.82) is 0 Å². The van der Waals surface area contributed by atoms with Crippen LogP contribution in [0, 0.1) is 0 Å². The molecule has 0 bridgehead atoms. The molecular weight excluding hydrogens is 338 g/mol. The van der Waals surface area contributed by atoms with Crippen molar-refractivity contribution >= 4 is 18.1 Å².